The van der Waals surface area contributed by atoms with Gasteiger partial charge in [0.2, 0.25) is 0 Å². The van der Waals surface area contributed by atoms with E-state index in [1.807, 2.05) is 30.3 Å². The molecule has 4 heteroatoms. The van der Waals surface area contributed by atoms with Gasteiger partial charge in [-0.05, 0) is 59.2 Å². The molecule has 0 N–H and O–H groups in total. The number of hydrogen-bond donors (Lipinski definition) is 0. The quantitative estimate of drug-likeness (QED) is 0.172. The number of para-hydroxylation sites is 2. The minimum atomic E-state index is 0.697. The van der Waals surface area contributed by atoms with Crippen molar-refractivity contribution in [2.45, 2.75) is 0 Å². The maximum Gasteiger partial charge on any atom is 0.160 e. The number of rotatable bonds is 6. The van der Waals surface area contributed by atoms with E-state index >= 15 is 0 Å². The van der Waals surface area contributed by atoms with E-state index in [2.05, 4.69) is 174 Å². The van der Waals surface area contributed by atoms with Crippen LogP contribution in [-0.4, -0.2) is 14.5 Å². The van der Waals surface area contributed by atoms with Crippen LogP contribution in [0.15, 0.2) is 205 Å². The molecule has 0 amide bonds. The van der Waals surface area contributed by atoms with Crippen molar-refractivity contribution < 1.29 is 4.42 Å². The maximum atomic E-state index is 6.68. The number of fused-ring (bicyclic) bond motifs is 6. The van der Waals surface area contributed by atoms with Crippen LogP contribution in [0.2, 0.25) is 0 Å². The summed E-state index contributed by atoms with van der Waals surface area (Å²) in [6.07, 6.45) is 0. The van der Waals surface area contributed by atoms with Crippen LogP contribution < -0.4 is 0 Å². The summed E-state index contributed by atoms with van der Waals surface area (Å²) in [5, 5.41) is 4.47. The van der Waals surface area contributed by atoms with Gasteiger partial charge < -0.3 is 8.98 Å². The highest BCUT2D eigenvalue weighted by Crippen LogP contribution is 2.43. The van der Waals surface area contributed by atoms with Gasteiger partial charge in [-0.2, -0.15) is 0 Å². The summed E-state index contributed by atoms with van der Waals surface area (Å²) in [5.41, 5.74) is 14.4. The van der Waals surface area contributed by atoms with Gasteiger partial charge in [-0.1, -0.05) is 158 Å². The highest BCUT2D eigenvalue weighted by Gasteiger charge is 2.21. The van der Waals surface area contributed by atoms with E-state index in [9.17, 15) is 0 Å². The van der Waals surface area contributed by atoms with Crippen molar-refractivity contribution in [3.8, 4) is 61.8 Å². The second-order valence-corrected chi connectivity index (χ2v) is 14.2. The number of nitrogens with zero attached hydrogens (tertiary/aromatic N) is 3. The van der Waals surface area contributed by atoms with Gasteiger partial charge in [0.1, 0.15) is 11.2 Å². The van der Waals surface area contributed by atoms with E-state index in [0.29, 0.717) is 5.82 Å². The molecule has 0 aliphatic rings. The molecule has 8 aromatic carbocycles. The van der Waals surface area contributed by atoms with Gasteiger partial charge in [0.05, 0.1) is 22.4 Å². The third-order valence-electron chi connectivity index (χ3n) is 10.8. The van der Waals surface area contributed by atoms with Gasteiger partial charge in [0, 0.05) is 49.5 Å². The molecule has 0 aliphatic carbocycles. The van der Waals surface area contributed by atoms with Crippen molar-refractivity contribution in [3.05, 3.63) is 200 Å². The van der Waals surface area contributed by atoms with E-state index in [-0.39, 0.29) is 0 Å². The van der Waals surface area contributed by atoms with Crippen LogP contribution in [0.5, 0.6) is 0 Å². The summed E-state index contributed by atoms with van der Waals surface area (Å²) in [6.45, 7) is 0. The molecule has 0 atom stereocenters. The summed E-state index contributed by atoms with van der Waals surface area (Å²) in [4.78, 5) is 10.3. The van der Waals surface area contributed by atoms with Crippen molar-refractivity contribution in [3.63, 3.8) is 0 Å². The molecule has 0 saturated carbocycles. The first-order valence-electron chi connectivity index (χ1n) is 18.9. The van der Waals surface area contributed by atoms with Gasteiger partial charge in [-0.3, -0.25) is 0 Å². The monoisotopic (exact) mass is 715 g/mol. The molecule has 0 bridgehead atoms. The summed E-state index contributed by atoms with van der Waals surface area (Å²) < 4.78 is 9.08. The largest absolute Gasteiger partial charge is 0.455 e. The number of hydrogen-bond acceptors (Lipinski definition) is 3. The molecular formula is C52H33N3O. The average molecular weight is 716 g/mol. The first-order chi connectivity index (χ1) is 27.8. The minimum absolute atomic E-state index is 0.697. The molecule has 0 radical (unpaired) electrons. The molecule has 0 aliphatic heterocycles. The predicted octanol–water partition coefficient (Wildman–Crippen LogP) is 13.8. The van der Waals surface area contributed by atoms with E-state index in [0.717, 1.165) is 94.2 Å². The molecule has 11 rings (SSSR count). The molecule has 56 heavy (non-hydrogen) atoms. The van der Waals surface area contributed by atoms with Crippen LogP contribution in [-0.2, 0) is 0 Å². The molecule has 0 saturated heterocycles. The minimum Gasteiger partial charge on any atom is -0.455 e. The van der Waals surface area contributed by atoms with Gasteiger partial charge in [0.25, 0.3) is 0 Å². The normalized spacial score (nSPS) is 11.6. The van der Waals surface area contributed by atoms with Gasteiger partial charge in [-0.25, -0.2) is 9.97 Å². The first kappa shape index (κ1) is 31.9. The number of aromatic nitrogens is 3. The number of benzene rings is 8. The second-order valence-electron chi connectivity index (χ2n) is 14.2. The second kappa shape index (κ2) is 13.1. The Labute approximate surface area is 323 Å². The Morgan fingerprint density at radius 3 is 1.79 bits per heavy atom. The van der Waals surface area contributed by atoms with E-state index < -0.39 is 0 Å². The van der Waals surface area contributed by atoms with Crippen LogP contribution in [0.3, 0.4) is 0 Å². The van der Waals surface area contributed by atoms with Crippen LogP contribution in [0.1, 0.15) is 0 Å². The lowest BCUT2D eigenvalue weighted by atomic mass is 9.97. The average Bonchev–Trinajstić information content (AvgIpc) is 3.83. The lowest BCUT2D eigenvalue weighted by Gasteiger charge is -2.13. The summed E-state index contributed by atoms with van der Waals surface area (Å²) >= 11 is 0. The summed E-state index contributed by atoms with van der Waals surface area (Å²) in [7, 11) is 0. The fourth-order valence-electron chi connectivity index (χ4n) is 8.22. The van der Waals surface area contributed by atoms with Crippen molar-refractivity contribution >= 4 is 43.7 Å². The lowest BCUT2D eigenvalue weighted by molar-refractivity contribution is 0.670. The summed E-state index contributed by atoms with van der Waals surface area (Å²) in [6, 6.07) is 70.2. The standard InChI is InChI=1S/C52H33N3O/c1-4-16-34(17-5-1)37-22-14-23-38(30-37)43-31-39(32-44-40-24-11-13-29-49(40)56-51(43)44)55-47-27-12-10-25-42(47)50-41(26-15-28-48(50)55)46-33-45(35-18-6-2-7-19-35)53-52(54-46)36-20-8-3-9-21-36/h1-33H. The molecule has 3 heterocycles. The Kier molecular flexibility index (Phi) is 7.46. The van der Waals surface area contributed by atoms with Crippen molar-refractivity contribution in [2.24, 2.45) is 0 Å². The maximum absolute atomic E-state index is 6.68. The van der Waals surface area contributed by atoms with Crippen molar-refractivity contribution in [1.29, 1.82) is 0 Å². The molecule has 0 unspecified atom stereocenters. The summed E-state index contributed by atoms with van der Waals surface area (Å²) in [5.74, 6) is 0.697. The zero-order valence-electron chi connectivity index (χ0n) is 30.3. The third-order valence-corrected chi connectivity index (χ3v) is 10.8. The van der Waals surface area contributed by atoms with Gasteiger partial charge in [0.15, 0.2) is 5.82 Å². The van der Waals surface area contributed by atoms with E-state index in [4.69, 9.17) is 14.4 Å². The smallest absolute Gasteiger partial charge is 0.160 e. The topological polar surface area (TPSA) is 43.9 Å². The fraction of sp³-hybridized carbons (Fsp3) is 0. The molecule has 3 aromatic heterocycles. The number of furan rings is 1. The molecule has 0 fully saturated rings. The fourth-order valence-corrected chi connectivity index (χ4v) is 8.22. The Morgan fingerprint density at radius 1 is 0.375 bits per heavy atom. The Hall–Kier alpha value is -7.56. The molecular weight excluding hydrogens is 683 g/mol. The predicted molar refractivity (Wildman–Crippen MR) is 231 cm³/mol. The molecule has 0 spiro atoms. The highest BCUT2D eigenvalue weighted by atomic mass is 16.3. The zero-order chi connectivity index (χ0) is 37.0. The van der Waals surface area contributed by atoms with Gasteiger partial charge in [-0.15, -0.1) is 0 Å². The van der Waals surface area contributed by atoms with Gasteiger partial charge >= 0.3 is 0 Å². The molecule has 11 aromatic rings. The zero-order valence-corrected chi connectivity index (χ0v) is 30.3. The molecule has 4 nitrogen and oxygen atoms in total. The van der Waals surface area contributed by atoms with Crippen LogP contribution in [0, 0.1) is 0 Å². The first-order valence-corrected chi connectivity index (χ1v) is 18.9. The lowest BCUT2D eigenvalue weighted by Crippen LogP contribution is -1.97. The van der Waals surface area contributed by atoms with Crippen LogP contribution in [0.25, 0.3) is 106 Å². The molecule has 262 valence electrons. The van der Waals surface area contributed by atoms with Crippen molar-refractivity contribution in [1.82, 2.24) is 14.5 Å². The van der Waals surface area contributed by atoms with Crippen LogP contribution in [0.4, 0.5) is 0 Å². The SMILES string of the molecule is c1ccc(-c2cccc(-c3cc(-n4c5ccccc5c5c(-c6cc(-c7ccccc7)nc(-c7ccccc7)n6)cccc54)cc4c3oc3ccccc34)c2)cc1. The van der Waals surface area contributed by atoms with Crippen molar-refractivity contribution in [2.75, 3.05) is 0 Å². The third kappa shape index (κ3) is 5.31. The Balaban J connectivity index is 1.18. The Bertz CT molecular complexity index is 3180. The van der Waals surface area contributed by atoms with E-state index in [1.165, 1.54) is 5.56 Å². The highest BCUT2D eigenvalue weighted by molar-refractivity contribution is 6.17. The van der Waals surface area contributed by atoms with Crippen LogP contribution >= 0.6 is 0 Å². The Morgan fingerprint density at radius 2 is 0.982 bits per heavy atom. The van der Waals surface area contributed by atoms with E-state index in [1.54, 1.807) is 0 Å².